The molecule has 0 amide bonds. The summed E-state index contributed by atoms with van der Waals surface area (Å²) in [4.78, 5) is 8.52. The maximum absolute atomic E-state index is 12.4. The summed E-state index contributed by atoms with van der Waals surface area (Å²) in [5.74, 6) is 0.980. The van der Waals surface area contributed by atoms with Crippen LogP contribution in [0.4, 0.5) is 13.2 Å². The topological polar surface area (TPSA) is 42.9 Å². The molecule has 2 saturated heterocycles. The largest absolute Gasteiger partial charge is 0.401 e. The predicted molar refractivity (Wildman–Crippen MR) is 110 cm³/mol. The molecule has 2 aliphatic heterocycles. The number of hydrogen-bond acceptors (Lipinski definition) is 3. The lowest BCUT2D eigenvalue weighted by Gasteiger charge is -2.26. The van der Waals surface area contributed by atoms with Gasteiger partial charge in [0.15, 0.2) is 5.96 Å². The van der Waals surface area contributed by atoms with Gasteiger partial charge in [0.2, 0.25) is 0 Å². The van der Waals surface area contributed by atoms with Crippen LogP contribution >= 0.6 is 24.0 Å². The fraction of sp³-hybridized carbons (Fsp3) is 0.941. The van der Waals surface area contributed by atoms with Gasteiger partial charge in [-0.05, 0) is 51.7 Å². The summed E-state index contributed by atoms with van der Waals surface area (Å²) >= 11 is 0. The number of nitrogens with zero attached hydrogens (tertiary/aromatic N) is 3. The van der Waals surface area contributed by atoms with Crippen molar-refractivity contribution in [1.82, 2.24) is 20.4 Å². The summed E-state index contributed by atoms with van der Waals surface area (Å²) < 4.78 is 37.3. The van der Waals surface area contributed by atoms with Crippen LogP contribution in [0.1, 0.15) is 32.6 Å². The molecule has 2 aliphatic rings. The first kappa shape index (κ1) is 23.7. The zero-order chi connectivity index (χ0) is 18.1. The van der Waals surface area contributed by atoms with E-state index in [2.05, 4.69) is 20.5 Å². The Balaban J connectivity index is 0.00000338. The number of nitrogens with one attached hydrogen (secondary N) is 2. The lowest BCUT2D eigenvalue weighted by Crippen LogP contribution is -2.43. The lowest BCUT2D eigenvalue weighted by molar-refractivity contribution is -0.143. The molecule has 0 bridgehead atoms. The highest BCUT2D eigenvalue weighted by Gasteiger charge is 2.34. The van der Waals surface area contributed by atoms with Crippen LogP contribution < -0.4 is 10.6 Å². The molecule has 5 nitrogen and oxygen atoms in total. The number of alkyl halides is 3. The van der Waals surface area contributed by atoms with E-state index in [1.165, 1.54) is 37.3 Å². The van der Waals surface area contributed by atoms with E-state index in [1.807, 2.05) is 6.92 Å². The van der Waals surface area contributed by atoms with Gasteiger partial charge >= 0.3 is 6.18 Å². The molecular formula is C17H33F3IN5. The van der Waals surface area contributed by atoms with Crippen molar-refractivity contribution in [3.8, 4) is 0 Å². The molecule has 2 N–H and O–H groups in total. The molecule has 2 heterocycles. The Morgan fingerprint density at radius 2 is 1.81 bits per heavy atom. The molecule has 0 saturated carbocycles. The molecule has 9 heteroatoms. The van der Waals surface area contributed by atoms with Gasteiger partial charge in [0, 0.05) is 32.7 Å². The van der Waals surface area contributed by atoms with Gasteiger partial charge in [-0.1, -0.05) is 6.42 Å². The SMILES string of the molecule is CCNC(=NCC1CCN(CC(F)(F)F)C1)NCCN1CCCCC1.I. The molecule has 0 aromatic heterocycles. The molecule has 0 spiro atoms. The molecular weight excluding hydrogens is 458 g/mol. The molecule has 0 aromatic rings. The standard InChI is InChI=1S/C17H32F3N5.HI/c1-2-21-16(22-7-11-24-8-4-3-5-9-24)23-12-15-6-10-25(13-15)14-17(18,19)20;/h15H,2-14H2,1H3,(H2,21,22,23);1H. The van der Waals surface area contributed by atoms with Gasteiger partial charge in [-0.15, -0.1) is 24.0 Å². The number of rotatable bonds is 7. The Morgan fingerprint density at radius 1 is 1.08 bits per heavy atom. The number of piperidine rings is 1. The molecule has 0 aromatic carbocycles. The summed E-state index contributed by atoms with van der Waals surface area (Å²) in [6.45, 7) is 7.76. The van der Waals surface area contributed by atoms with E-state index < -0.39 is 12.7 Å². The van der Waals surface area contributed by atoms with Gasteiger partial charge in [0.1, 0.15) is 0 Å². The third kappa shape index (κ3) is 9.59. The summed E-state index contributed by atoms with van der Waals surface area (Å²) in [6, 6.07) is 0. The minimum Gasteiger partial charge on any atom is -0.357 e. The van der Waals surface area contributed by atoms with Gasteiger partial charge in [-0.2, -0.15) is 13.2 Å². The van der Waals surface area contributed by atoms with E-state index >= 15 is 0 Å². The van der Waals surface area contributed by atoms with Gasteiger partial charge in [-0.3, -0.25) is 9.89 Å². The van der Waals surface area contributed by atoms with Crippen molar-refractivity contribution in [1.29, 1.82) is 0 Å². The van der Waals surface area contributed by atoms with E-state index in [1.54, 1.807) is 0 Å². The Morgan fingerprint density at radius 3 is 2.46 bits per heavy atom. The Labute approximate surface area is 172 Å². The van der Waals surface area contributed by atoms with E-state index in [4.69, 9.17) is 0 Å². The van der Waals surface area contributed by atoms with Crippen LogP contribution in [0.15, 0.2) is 4.99 Å². The van der Waals surface area contributed by atoms with E-state index in [9.17, 15) is 13.2 Å². The zero-order valence-corrected chi connectivity index (χ0v) is 18.0. The highest BCUT2D eigenvalue weighted by Crippen LogP contribution is 2.22. The molecule has 2 fully saturated rings. The molecule has 26 heavy (non-hydrogen) atoms. The maximum Gasteiger partial charge on any atom is 0.401 e. The quantitative estimate of drug-likeness (QED) is 0.327. The van der Waals surface area contributed by atoms with E-state index in [0.717, 1.165) is 32.0 Å². The summed E-state index contributed by atoms with van der Waals surface area (Å²) in [5.41, 5.74) is 0. The second-order valence-electron chi connectivity index (χ2n) is 7.05. The molecule has 2 rings (SSSR count). The maximum atomic E-state index is 12.4. The van der Waals surface area contributed by atoms with Gasteiger partial charge in [-0.25, -0.2) is 0 Å². The van der Waals surface area contributed by atoms with Crippen LogP contribution in [0.5, 0.6) is 0 Å². The fourth-order valence-electron chi connectivity index (χ4n) is 3.54. The monoisotopic (exact) mass is 491 g/mol. The number of likely N-dealkylation sites (tertiary alicyclic amines) is 2. The number of guanidine groups is 1. The first-order valence-corrected chi connectivity index (χ1v) is 9.50. The van der Waals surface area contributed by atoms with Crippen molar-refractivity contribution >= 4 is 29.9 Å². The van der Waals surface area contributed by atoms with Crippen molar-refractivity contribution < 1.29 is 13.2 Å². The molecule has 0 radical (unpaired) electrons. The molecule has 1 unspecified atom stereocenters. The van der Waals surface area contributed by atoms with E-state index in [0.29, 0.717) is 19.6 Å². The van der Waals surface area contributed by atoms with Crippen LogP contribution in [-0.2, 0) is 0 Å². The molecule has 154 valence electrons. The van der Waals surface area contributed by atoms with Crippen LogP contribution in [0.25, 0.3) is 0 Å². The number of aliphatic imine (C=N–C) groups is 1. The Bertz CT molecular complexity index is 414. The van der Waals surface area contributed by atoms with Gasteiger partial charge in [0.25, 0.3) is 0 Å². The Kier molecular flexibility index (Phi) is 11.2. The minimum absolute atomic E-state index is 0. The third-order valence-corrected chi connectivity index (χ3v) is 4.79. The fourth-order valence-corrected chi connectivity index (χ4v) is 3.54. The highest BCUT2D eigenvalue weighted by atomic mass is 127. The Hall–Kier alpha value is -0.290. The summed E-state index contributed by atoms with van der Waals surface area (Å²) in [5, 5.41) is 6.57. The van der Waals surface area contributed by atoms with Gasteiger partial charge in [0.05, 0.1) is 6.54 Å². The lowest BCUT2D eigenvalue weighted by atomic mass is 10.1. The van der Waals surface area contributed by atoms with Crippen molar-refractivity contribution in [2.24, 2.45) is 10.9 Å². The zero-order valence-electron chi connectivity index (χ0n) is 15.7. The second kappa shape index (κ2) is 12.2. The average Bonchev–Trinajstić information content (AvgIpc) is 2.99. The normalized spacial score (nSPS) is 22.9. The predicted octanol–water partition coefficient (Wildman–Crippen LogP) is 2.53. The van der Waals surface area contributed by atoms with E-state index in [-0.39, 0.29) is 29.9 Å². The van der Waals surface area contributed by atoms with Crippen molar-refractivity contribution in [2.45, 2.75) is 38.8 Å². The van der Waals surface area contributed by atoms with Crippen LogP contribution in [0.2, 0.25) is 0 Å². The van der Waals surface area contributed by atoms with Crippen LogP contribution in [0.3, 0.4) is 0 Å². The first-order valence-electron chi connectivity index (χ1n) is 9.50. The third-order valence-electron chi connectivity index (χ3n) is 4.79. The van der Waals surface area contributed by atoms with Crippen LogP contribution in [-0.4, -0.2) is 80.8 Å². The van der Waals surface area contributed by atoms with Crippen molar-refractivity contribution in [2.75, 3.05) is 58.9 Å². The van der Waals surface area contributed by atoms with Crippen molar-refractivity contribution in [3.63, 3.8) is 0 Å². The number of halogens is 4. The number of hydrogen-bond donors (Lipinski definition) is 2. The first-order chi connectivity index (χ1) is 12.0. The molecule has 1 atom stereocenters. The highest BCUT2D eigenvalue weighted by molar-refractivity contribution is 14.0. The second-order valence-corrected chi connectivity index (χ2v) is 7.05. The average molecular weight is 491 g/mol. The van der Waals surface area contributed by atoms with Gasteiger partial charge < -0.3 is 15.5 Å². The molecule has 0 aliphatic carbocycles. The minimum atomic E-state index is -4.11. The smallest absolute Gasteiger partial charge is 0.357 e. The summed E-state index contributed by atoms with van der Waals surface area (Å²) in [7, 11) is 0. The van der Waals surface area contributed by atoms with Crippen LogP contribution in [0, 0.1) is 5.92 Å². The van der Waals surface area contributed by atoms with Crippen molar-refractivity contribution in [3.05, 3.63) is 0 Å². The summed E-state index contributed by atoms with van der Waals surface area (Å²) in [6.07, 6.45) is 0.575.